The van der Waals surface area contributed by atoms with E-state index in [2.05, 4.69) is 5.32 Å². The first-order valence-electron chi connectivity index (χ1n) is 5.33. The normalized spacial score (nSPS) is 12.4. The molecule has 2 aromatic heterocycles. The van der Waals surface area contributed by atoms with Crippen molar-refractivity contribution in [2.24, 2.45) is 0 Å². The van der Waals surface area contributed by atoms with Crippen molar-refractivity contribution in [2.45, 2.75) is 13.0 Å². The van der Waals surface area contributed by atoms with Gasteiger partial charge in [0.25, 0.3) is 5.91 Å². The van der Waals surface area contributed by atoms with Crippen LogP contribution in [0.1, 0.15) is 27.1 Å². The van der Waals surface area contributed by atoms with Gasteiger partial charge in [-0.1, -0.05) is 11.6 Å². The van der Waals surface area contributed by atoms with Gasteiger partial charge in [0, 0.05) is 11.4 Å². The molecule has 2 rings (SSSR count). The van der Waals surface area contributed by atoms with E-state index in [1.807, 2.05) is 0 Å². The number of aliphatic hydroxyl groups is 1. The highest BCUT2D eigenvalue weighted by Gasteiger charge is 2.15. The second kappa shape index (κ2) is 5.56. The van der Waals surface area contributed by atoms with Gasteiger partial charge in [-0.15, -0.1) is 11.3 Å². The maximum absolute atomic E-state index is 11.8. The number of thiophene rings is 1. The van der Waals surface area contributed by atoms with Crippen molar-refractivity contribution in [3.63, 3.8) is 0 Å². The quantitative estimate of drug-likeness (QED) is 0.908. The van der Waals surface area contributed by atoms with Gasteiger partial charge in [-0.3, -0.25) is 4.79 Å². The Balaban J connectivity index is 1.92. The lowest BCUT2D eigenvalue weighted by molar-refractivity contribution is 0.0916. The SMILES string of the molecule is Cc1occc1C(=O)NC[C@@H](O)c1ccc(Cl)s1. The monoisotopic (exact) mass is 285 g/mol. The first-order chi connectivity index (χ1) is 8.58. The number of aryl methyl sites for hydroxylation is 1. The smallest absolute Gasteiger partial charge is 0.254 e. The molecule has 0 saturated carbocycles. The number of hydrogen-bond acceptors (Lipinski definition) is 4. The average Bonchev–Trinajstić information content (AvgIpc) is 2.94. The van der Waals surface area contributed by atoms with Gasteiger partial charge in [-0.05, 0) is 25.1 Å². The van der Waals surface area contributed by atoms with Gasteiger partial charge >= 0.3 is 0 Å². The number of aliphatic hydroxyl groups excluding tert-OH is 1. The van der Waals surface area contributed by atoms with Gasteiger partial charge < -0.3 is 14.8 Å². The second-order valence-electron chi connectivity index (χ2n) is 3.76. The van der Waals surface area contributed by atoms with Crippen molar-refractivity contribution in [1.29, 1.82) is 0 Å². The summed E-state index contributed by atoms with van der Waals surface area (Å²) in [6.07, 6.45) is 0.707. The van der Waals surface area contributed by atoms with E-state index in [4.69, 9.17) is 16.0 Å². The third-order valence-corrected chi connectivity index (χ3v) is 3.81. The zero-order valence-electron chi connectivity index (χ0n) is 9.64. The highest BCUT2D eigenvalue weighted by molar-refractivity contribution is 7.16. The molecule has 2 aromatic rings. The number of carbonyl (C=O) groups is 1. The zero-order chi connectivity index (χ0) is 13.1. The summed E-state index contributed by atoms with van der Waals surface area (Å²) in [5.41, 5.74) is 0.478. The van der Waals surface area contributed by atoms with E-state index in [0.717, 1.165) is 4.88 Å². The molecule has 1 amide bonds. The molecule has 0 unspecified atom stereocenters. The minimum absolute atomic E-state index is 0.139. The Morgan fingerprint density at radius 1 is 1.56 bits per heavy atom. The second-order valence-corrected chi connectivity index (χ2v) is 5.50. The maximum Gasteiger partial charge on any atom is 0.254 e. The minimum atomic E-state index is -0.751. The predicted molar refractivity (Wildman–Crippen MR) is 70.1 cm³/mol. The molecular formula is C12H12ClNO3S. The number of furan rings is 1. The van der Waals surface area contributed by atoms with Crippen molar-refractivity contribution in [2.75, 3.05) is 6.54 Å². The molecule has 1 atom stereocenters. The van der Waals surface area contributed by atoms with Gasteiger partial charge in [-0.2, -0.15) is 0 Å². The third kappa shape index (κ3) is 2.93. The topological polar surface area (TPSA) is 62.5 Å². The van der Waals surface area contributed by atoms with Crippen molar-refractivity contribution in [3.8, 4) is 0 Å². The van der Waals surface area contributed by atoms with Crippen LogP contribution in [0.25, 0.3) is 0 Å². The molecule has 96 valence electrons. The van der Waals surface area contributed by atoms with Crippen LogP contribution in [0.2, 0.25) is 4.34 Å². The lowest BCUT2D eigenvalue weighted by Gasteiger charge is -2.09. The molecule has 0 spiro atoms. The summed E-state index contributed by atoms with van der Waals surface area (Å²) in [5, 5.41) is 12.5. The van der Waals surface area contributed by atoms with Crippen molar-refractivity contribution < 1.29 is 14.3 Å². The summed E-state index contributed by atoms with van der Waals surface area (Å²) in [6, 6.07) is 5.05. The van der Waals surface area contributed by atoms with Crippen LogP contribution in [0.5, 0.6) is 0 Å². The van der Waals surface area contributed by atoms with Crippen LogP contribution in [-0.2, 0) is 0 Å². The van der Waals surface area contributed by atoms with Crippen LogP contribution < -0.4 is 5.32 Å². The van der Waals surface area contributed by atoms with Gasteiger partial charge in [0.05, 0.1) is 16.2 Å². The number of nitrogens with one attached hydrogen (secondary N) is 1. The largest absolute Gasteiger partial charge is 0.469 e. The molecule has 0 saturated heterocycles. The van der Waals surface area contributed by atoms with Crippen molar-refractivity contribution in [1.82, 2.24) is 5.32 Å². The van der Waals surface area contributed by atoms with Crippen LogP contribution >= 0.6 is 22.9 Å². The predicted octanol–water partition coefficient (Wildman–Crippen LogP) is 2.77. The number of amides is 1. The summed E-state index contributed by atoms with van der Waals surface area (Å²) in [4.78, 5) is 12.5. The summed E-state index contributed by atoms with van der Waals surface area (Å²) >= 11 is 7.07. The molecule has 4 nitrogen and oxygen atoms in total. The summed E-state index contributed by atoms with van der Waals surface area (Å²) in [5.74, 6) is 0.295. The van der Waals surface area contributed by atoms with Gasteiger partial charge in [0.1, 0.15) is 11.9 Å². The van der Waals surface area contributed by atoms with E-state index in [1.165, 1.54) is 17.6 Å². The molecule has 0 radical (unpaired) electrons. The van der Waals surface area contributed by atoms with Gasteiger partial charge in [-0.25, -0.2) is 0 Å². The third-order valence-electron chi connectivity index (χ3n) is 2.48. The average molecular weight is 286 g/mol. The zero-order valence-corrected chi connectivity index (χ0v) is 11.2. The molecule has 0 aliphatic rings. The molecule has 0 aliphatic heterocycles. The van der Waals surface area contributed by atoms with Crippen molar-refractivity contribution >= 4 is 28.8 Å². The van der Waals surface area contributed by atoms with Crippen LogP contribution in [0.15, 0.2) is 28.9 Å². The lowest BCUT2D eigenvalue weighted by Crippen LogP contribution is -2.28. The first-order valence-corrected chi connectivity index (χ1v) is 6.53. The van der Waals surface area contributed by atoms with E-state index >= 15 is 0 Å². The molecule has 2 N–H and O–H groups in total. The van der Waals surface area contributed by atoms with E-state index in [0.29, 0.717) is 15.7 Å². The highest BCUT2D eigenvalue weighted by Crippen LogP contribution is 2.26. The standard InChI is InChI=1S/C12H12ClNO3S/c1-7-8(4-5-17-7)12(16)14-6-9(15)10-2-3-11(13)18-10/h2-5,9,15H,6H2,1H3,(H,14,16)/t9-/m1/s1. The molecule has 0 fully saturated rings. The Morgan fingerprint density at radius 3 is 2.89 bits per heavy atom. The minimum Gasteiger partial charge on any atom is -0.469 e. The van der Waals surface area contributed by atoms with Gasteiger partial charge in [0.2, 0.25) is 0 Å². The van der Waals surface area contributed by atoms with E-state index in [1.54, 1.807) is 25.1 Å². The molecule has 0 bridgehead atoms. The number of rotatable bonds is 4. The van der Waals surface area contributed by atoms with E-state index in [9.17, 15) is 9.90 Å². The molecular weight excluding hydrogens is 274 g/mol. The fraction of sp³-hybridized carbons (Fsp3) is 0.250. The molecule has 6 heteroatoms. The Labute approximate surface area is 113 Å². The van der Waals surface area contributed by atoms with Gasteiger partial charge in [0.15, 0.2) is 0 Å². The fourth-order valence-electron chi connectivity index (χ4n) is 1.51. The van der Waals surface area contributed by atoms with Crippen LogP contribution in [0.4, 0.5) is 0 Å². The molecule has 2 heterocycles. The molecule has 18 heavy (non-hydrogen) atoms. The molecule has 0 aromatic carbocycles. The van der Waals surface area contributed by atoms with E-state index in [-0.39, 0.29) is 12.5 Å². The number of halogens is 1. The number of carbonyl (C=O) groups excluding carboxylic acids is 1. The lowest BCUT2D eigenvalue weighted by atomic mass is 10.2. The van der Waals surface area contributed by atoms with E-state index < -0.39 is 6.10 Å². The summed E-state index contributed by atoms with van der Waals surface area (Å²) < 4.78 is 5.65. The van der Waals surface area contributed by atoms with Crippen LogP contribution in [0.3, 0.4) is 0 Å². The Bertz CT molecular complexity index is 549. The first kappa shape index (κ1) is 13.1. The van der Waals surface area contributed by atoms with Crippen LogP contribution in [-0.4, -0.2) is 17.6 Å². The Kier molecular flexibility index (Phi) is 4.06. The summed E-state index contributed by atoms with van der Waals surface area (Å²) in [7, 11) is 0. The maximum atomic E-state index is 11.8. The fourth-order valence-corrected chi connectivity index (χ4v) is 2.56. The number of hydrogen-bond donors (Lipinski definition) is 2. The van der Waals surface area contributed by atoms with Crippen molar-refractivity contribution in [3.05, 3.63) is 45.0 Å². The highest BCUT2D eigenvalue weighted by atomic mass is 35.5. The summed E-state index contributed by atoms with van der Waals surface area (Å²) in [6.45, 7) is 1.85. The Hall–Kier alpha value is -1.30. The Morgan fingerprint density at radius 2 is 2.33 bits per heavy atom. The molecule has 0 aliphatic carbocycles. The van der Waals surface area contributed by atoms with Crippen LogP contribution in [0, 0.1) is 6.92 Å².